The molecular formula is C24H30N6O5. The summed E-state index contributed by atoms with van der Waals surface area (Å²) in [6, 6.07) is 11.1. The van der Waals surface area contributed by atoms with E-state index in [1.165, 1.54) is 17.5 Å². The lowest BCUT2D eigenvalue weighted by atomic mass is 10.1. The van der Waals surface area contributed by atoms with Crippen LogP contribution in [0.5, 0.6) is 11.5 Å². The summed E-state index contributed by atoms with van der Waals surface area (Å²) in [5.74, 6) is 7.41. The summed E-state index contributed by atoms with van der Waals surface area (Å²) < 4.78 is 21.9. The molecule has 0 radical (unpaired) electrons. The highest BCUT2D eigenvalue weighted by molar-refractivity contribution is 5.93. The maximum Gasteiger partial charge on any atom is 0.163 e. The van der Waals surface area contributed by atoms with E-state index in [1.54, 1.807) is 20.3 Å². The van der Waals surface area contributed by atoms with Gasteiger partial charge in [0, 0.05) is 43.1 Å². The number of aldehydes is 1. The quantitative estimate of drug-likeness (QED) is 0.134. The lowest BCUT2D eigenvalue weighted by molar-refractivity contribution is -0.108. The summed E-state index contributed by atoms with van der Waals surface area (Å²) in [4.78, 5) is 19.4. The number of hydrogen-bond donors (Lipinski definition) is 3. The number of hydrazine groups is 1. The Hall–Kier alpha value is -3.93. The maximum absolute atomic E-state index is 10.6. The highest BCUT2D eigenvalue weighted by Gasteiger charge is 2.13. The van der Waals surface area contributed by atoms with Crippen LogP contribution in [0, 0.1) is 0 Å². The Labute approximate surface area is 203 Å². The van der Waals surface area contributed by atoms with Crippen LogP contribution in [0.4, 0.5) is 11.5 Å². The SMILES string of the molecule is COCCOc1cc2ncnc(Nc3cccc(/C(N)=C/N(N)CC=O)c3)c2cc1OCCOC. The molecule has 5 N–H and O–H groups in total. The molecule has 35 heavy (non-hydrogen) atoms. The first-order valence-corrected chi connectivity index (χ1v) is 10.9. The van der Waals surface area contributed by atoms with Gasteiger partial charge in [0.2, 0.25) is 0 Å². The first-order chi connectivity index (χ1) is 17.0. The molecule has 1 aromatic heterocycles. The number of hydrogen-bond acceptors (Lipinski definition) is 11. The number of carbonyl (C=O) groups excluding carboxylic acids is 1. The van der Waals surface area contributed by atoms with Crippen LogP contribution < -0.4 is 26.4 Å². The highest BCUT2D eigenvalue weighted by Crippen LogP contribution is 2.35. The van der Waals surface area contributed by atoms with Crippen molar-refractivity contribution >= 4 is 34.4 Å². The molecule has 11 nitrogen and oxygen atoms in total. The number of nitrogens with one attached hydrogen (secondary N) is 1. The van der Waals surface area contributed by atoms with Crippen LogP contribution in [0.15, 0.2) is 48.9 Å². The second kappa shape index (κ2) is 13.1. The molecule has 3 aromatic rings. The lowest BCUT2D eigenvalue weighted by Crippen LogP contribution is -2.28. The topological polar surface area (TPSA) is 147 Å². The van der Waals surface area contributed by atoms with Gasteiger partial charge in [-0.2, -0.15) is 0 Å². The summed E-state index contributed by atoms with van der Waals surface area (Å²) in [6.07, 6.45) is 3.67. The Morgan fingerprint density at radius 2 is 1.74 bits per heavy atom. The summed E-state index contributed by atoms with van der Waals surface area (Å²) in [5, 5.41) is 5.27. The lowest BCUT2D eigenvalue weighted by Gasteiger charge is -2.15. The fraction of sp³-hybridized carbons (Fsp3) is 0.292. The van der Waals surface area contributed by atoms with Crippen molar-refractivity contribution in [2.45, 2.75) is 0 Å². The molecule has 0 saturated carbocycles. The van der Waals surface area contributed by atoms with Gasteiger partial charge in [-0.25, -0.2) is 15.8 Å². The number of anilines is 2. The molecule has 0 aliphatic heterocycles. The predicted octanol–water partition coefficient (Wildman–Crippen LogP) is 2.06. The van der Waals surface area contributed by atoms with Crippen LogP contribution >= 0.6 is 0 Å². The summed E-state index contributed by atoms with van der Waals surface area (Å²) in [5.41, 5.74) is 8.71. The van der Waals surface area contributed by atoms with Crippen molar-refractivity contribution < 1.29 is 23.7 Å². The number of nitrogens with zero attached hydrogens (tertiary/aromatic N) is 3. The second-order valence-electron chi connectivity index (χ2n) is 7.37. The van der Waals surface area contributed by atoms with E-state index in [9.17, 15) is 4.79 Å². The van der Waals surface area contributed by atoms with Gasteiger partial charge in [-0.1, -0.05) is 12.1 Å². The molecule has 3 rings (SSSR count). The number of benzene rings is 2. The summed E-state index contributed by atoms with van der Waals surface area (Å²) in [6.45, 7) is 1.64. The third kappa shape index (κ3) is 7.27. The Morgan fingerprint density at radius 3 is 2.43 bits per heavy atom. The van der Waals surface area contributed by atoms with Crippen LogP contribution in [0.3, 0.4) is 0 Å². The van der Waals surface area contributed by atoms with E-state index in [4.69, 9.17) is 30.5 Å². The van der Waals surface area contributed by atoms with Crippen LogP contribution in [-0.4, -0.2) is 68.5 Å². The van der Waals surface area contributed by atoms with Crippen LogP contribution in [0.25, 0.3) is 16.6 Å². The molecule has 0 bridgehead atoms. The molecule has 0 amide bonds. The van der Waals surface area contributed by atoms with Crippen molar-refractivity contribution in [1.29, 1.82) is 0 Å². The largest absolute Gasteiger partial charge is 0.487 e. The Morgan fingerprint density at radius 1 is 1.03 bits per heavy atom. The first kappa shape index (κ1) is 25.7. The van der Waals surface area contributed by atoms with Crippen molar-refractivity contribution in [3.8, 4) is 11.5 Å². The van der Waals surface area contributed by atoms with E-state index in [1.807, 2.05) is 30.3 Å². The van der Waals surface area contributed by atoms with Crippen molar-refractivity contribution in [1.82, 2.24) is 15.0 Å². The number of carbonyl (C=O) groups is 1. The number of fused-ring (bicyclic) bond motifs is 1. The smallest absolute Gasteiger partial charge is 0.163 e. The molecule has 0 saturated heterocycles. The maximum atomic E-state index is 10.6. The highest BCUT2D eigenvalue weighted by atomic mass is 16.5. The standard InChI is InChI=1S/C24H30N6O5/c1-32-8-10-34-22-13-19-21(14-23(22)35-11-9-33-2)27-16-28-24(19)29-18-5-3-4-17(12-18)20(25)15-30(26)6-7-31/h3-5,7,12-16H,6,8-11,25-26H2,1-2H3,(H,27,28,29)/b20-15-. The molecule has 0 spiro atoms. The average molecular weight is 483 g/mol. The zero-order valence-electron chi connectivity index (χ0n) is 19.8. The fourth-order valence-corrected chi connectivity index (χ4v) is 3.16. The average Bonchev–Trinajstić information content (AvgIpc) is 2.85. The number of methoxy groups -OCH3 is 2. The third-order valence-corrected chi connectivity index (χ3v) is 4.84. The molecule has 0 unspecified atom stereocenters. The van der Waals surface area contributed by atoms with E-state index in [0.717, 1.165) is 16.6 Å². The zero-order valence-corrected chi connectivity index (χ0v) is 19.8. The van der Waals surface area contributed by atoms with Gasteiger partial charge >= 0.3 is 0 Å². The Balaban J connectivity index is 1.91. The Bertz CT molecular complexity index is 1160. The number of ether oxygens (including phenoxy) is 4. The molecule has 11 heteroatoms. The number of aromatic nitrogens is 2. The summed E-state index contributed by atoms with van der Waals surface area (Å²) in [7, 11) is 3.22. The molecular weight excluding hydrogens is 452 g/mol. The van der Waals surface area contributed by atoms with E-state index >= 15 is 0 Å². The molecule has 2 aromatic carbocycles. The summed E-state index contributed by atoms with van der Waals surface area (Å²) >= 11 is 0. The van der Waals surface area contributed by atoms with Gasteiger partial charge in [0.25, 0.3) is 0 Å². The molecule has 0 fully saturated rings. The van der Waals surface area contributed by atoms with E-state index in [2.05, 4.69) is 15.3 Å². The molecule has 186 valence electrons. The van der Waals surface area contributed by atoms with Crippen molar-refractivity contribution in [2.24, 2.45) is 11.6 Å². The zero-order chi connectivity index (χ0) is 25.0. The number of nitrogens with two attached hydrogens (primary N) is 2. The third-order valence-electron chi connectivity index (χ3n) is 4.84. The second-order valence-corrected chi connectivity index (χ2v) is 7.37. The van der Waals surface area contributed by atoms with Crippen LogP contribution in [-0.2, 0) is 14.3 Å². The van der Waals surface area contributed by atoms with E-state index in [-0.39, 0.29) is 6.54 Å². The predicted molar refractivity (Wildman–Crippen MR) is 133 cm³/mol. The van der Waals surface area contributed by atoms with E-state index in [0.29, 0.717) is 61.2 Å². The van der Waals surface area contributed by atoms with Gasteiger partial charge in [-0.05, 0) is 18.2 Å². The van der Waals surface area contributed by atoms with Gasteiger partial charge in [0.15, 0.2) is 11.5 Å². The minimum absolute atomic E-state index is 0.0392. The molecule has 0 aliphatic carbocycles. The van der Waals surface area contributed by atoms with Crippen LogP contribution in [0.1, 0.15) is 5.56 Å². The van der Waals surface area contributed by atoms with Crippen molar-refractivity contribution in [2.75, 3.05) is 52.5 Å². The van der Waals surface area contributed by atoms with Gasteiger partial charge in [0.1, 0.15) is 31.6 Å². The fourth-order valence-electron chi connectivity index (χ4n) is 3.16. The minimum atomic E-state index is 0.0392. The van der Waals surface area contributed by atoms with Gasteiger partial charge in [-0.3, -0.25) is 0 Å². The molecule has 0 atom stereocenters. The monoisotopic (exact) mass is 482 g/mol. The van der Waals surface area contributed by atoms with Gasteiger partial charge in [0.05, 0.1) is 31.0 Å². The molecule has 0 aliphatic rings. The normalized spacial score (nSPS) is 11.3. The van der Waals surface area contributed by atoms with Crippen LogP contribution in [0.2, 0.25) is 0 Å². The van der Waals surface area contributed by atoms with Gasteiger partial charge < -0.3 is 39.8 Å². The van der Waals surface area contributed by atoms with Crippen molar-refractivity contribution in [3.63, 3.8) is 0 Å². The minimum Gasteiger partial charge on any atom is -0.487 e. The first-order valence-electron chi connectivity index (χ1n) is 10.9. The van der Waals surface area contributed by atoms with Crippen molar-refractivity contribution in [3.05, 3.63) is 54.5 Å². The number of rotatable bonds is 14. The van der Waals surface area contributed by atoms with E-state index < -0.39 is 0 Å². The Kier molecular flexibility index (Phi) is 9.60. The van der Waals surface area contributed by atoms with Gasteiger partial charge in [-0.15, -0.1) is 0 Å². The molecule has 1 heterocycles.